The highest BCUT2D eigenvalue weighted by Crippen LogP contribution is 2.31. The zero-order valence-corrected chi connectivity index (χ0v) is 17.4. The van der Waals surface area contributed by atoms with Crippen LogP contribution in [0.25, 0.3) is 11.4 Å². The fourth-order valence-corrected chi connectivity index (χ4v) is 3.66. The number of carbonyl (C=O) groups is 1. The molecule has 3 aromatic rings. The summed E-state index contributed by atoms with van der Waals surface area (Å²) in [7, 11) is 1.89. The number of halogens is 2. The van der Waals surface area contributed by atoms with E-state index in [1.54, 1.807) is 25.1 Å². The molecule has 5 nitrogen and oxygen atoms in total. The molecule has 1 N–H and O–H groups in total. The largest absolute Gasteiger partial charge is 0.324 e. The van der Waals surface area contributed by atoms with E-state index >= 15 is 0 Å². The molecular formula is C19H18Cl2N4OS. The maximum absolute atomic E-state index is 12.5. The second-order valence-corrected chi connectivity index (χ2v) is 8.18. The summed E-state index contributed by atoms with van der Waals surface area (Å²) in [6, 6.07) is 13.2. The Kier molecular flexibility index (Phi) is 6.09. The van der Waals surface area contributed by atoms with Crippen LogP contribution in [0.2, 0.25) is 10.0 Å². The molecule has 1 heterocycles. The first-order valence-corrected chi connectivity index (χ1v) is 9.88. The topological polar surface area (TPSA) is 59.8 Å². The van der Waals surface area contributed by atoms with Crippen molar-refractivity contribution in [1.29, 1.82) is 0 Å². The van der Waals surface area contributed by atoms with Crippen LogP contribution in [0.15, 0.2) is 47.6 Å². The molecule has 2 aromatic carbocycles. The van der Waals surface area contributed by atoms with Crippen molar-refractivity contribution >= 4 is 46.6 Å². The van der Waals surface area contributed by atoms with Gasteiger partial charge in [0.1, 0.15) is 0 Å². The van der Waals surface area contributed by atoms with Crippen LogP contribution in [0, 0.1) is 6.92 Å². The van der Waals surface area contributed by atoms with Crippen LogP contribution < -0.4 is 5.32 Å². The predicted octanol–water partition coefficient (Wildman–Crippen LogP) is 5.22. The molecule has 0 aliphatic rings. The number of anilines is 1. The van der Waals surface area contributed by atoms with E-state index < -0.39 is 5.25 Å². The Morgan fingerprint density at radius 1 is 1.19 bits per heavy atom. The fourth-order valence-electron chi connectivity index (χ4n) is 2.50. The molecule has 1 aromatic heterocycles. The Balaban J connectivity index is 1.73. The van der Waals surface area contributed by atoms with Crippen molar-refractivity contribution < 1.29 is 4.79 Å². The molecule has 1 atom stereocenters. The van der Waals surface area contributed by atoms with Gasteiger partial charge in [0.05, 0.1) is 21.0 Å². The molecule has 0 saturated heterocycles. The molecule has 8 heteroatoms. The minimum absolute atomic E-state index is 0.190. The SMILES string of the molecule is Cc1cccc(-c2nnc(S[C@@H](C)C(=O)Nc3cccc(Cl)c3Cl)n2C)c1. The summed E-state index contributed by atoms with van der Waals surface area (Å²) in [5.41, 5.74) is 2.62. The molecule has 0 aliphatic carbocycles. The quantitative estimate of drug-likeness (QED) is 0.574. The summed E-state index contributed by atoms with van der Waals surface area (Å²) in [5, 5.41) is 12.3. The number of benzene rings is 2. The van der Waals surface area contributed by atoms with Gasteiger partial charge in [-0.2, -0.15) is 0 Å². The minimum Gasteiger partial charge on any atom is -0.324 e. The van der Waals surface area contributed by atoms with Gasteiger partial charge < -0.3 is 9.88 Å². The fraction of sp³-hybridized carbons (Fsp3) is 0.211. The standard InChI is InChI=1S/C19H18Cl2N4OS/c1-11-6-4-7-13(10-11)17-23-24-19(25(17)3)27-12(2)18(26)22-15-9-5-8-14(20)16(15)21/h4-10,12H,1-3H3,(H,22,26)/t12-/m0/s1. The number of amides is 1. The Hall–Kier alpha value is -2.02. The van der Waals surface area contributed by atoms with Gasteiger partial charge in [-0.3, -0.25) is 4.79 Å². The number of thioether (sulfide) groups is 1. The molecule has 0 fully saturated rings. The van der Waals surface area contributed by atoms with Gasteiger partial charge in [-0.05, 0) is 32.0 Å². The van der Waals surface area contributed by atoms with Crippen LogP contribution in [0.4, 0.5) is 5.69 Å². The third kappa shape index (κ3) is 4.46. The van der Waals surface area contributed by atoms with E-state index in [4.69, 9.17) is 23.2 Å². The zero-order valence-electron chi connectivity index (χ0n) is 15.0. The number of aryl methyl sites for hydroxylation is 1. The van der Waals surface area contributed by atoms with Crippen molar-refractivity contribution in [2.75, 3.05) is 5.32 Å². The number of hydrogen-bond acceptors (Lipinski definition) is 4. The Labute approximate surface area is 172 Å². The van der Waals surface area contributed by atoms with Gasteiger partial charge in [0.25, 0.3) is 0 Å². The normalized spacial score (nSPS) is 12.0. The lowest BCUT2D eigenvalue weighted by Gasteiger charge is -2.13. The van der Waals surface area contributed by atoms with E-state index in [0.717, 1.165) is 17.0 Å². The average molecular weight is 421 g/mol. The van der Waals surface area contributed by atoms with Crippen LogP contribution in [-0.4, -0.2) is 25.9 Å². The zero-order chi connectivity index (χ0) is 19.6. The third-order valence-corrected chi connectivity index (χ3v) is 5.92. The Bertz CT molecular complexity index is 990. The maximum atomic E-state index is 12.5. The highest BCUT2D eigenvalue weighted by Gasteiger charge is 2.20. The van der Waals surface area contributed by atoms with Gasteiger partial charge in [-0.25, -0.2) is 0 Å². The third-order valence-electron chi connectivity index (χ3n) is 3.97. The van der Waals surface area contributed by atoms with Crippen LogP contribution in [-0.2, 0) is 11.8 Å². The number of hydrogen-bond donors (Lipinski definition) is 1. The number of aromatic nitrogens is 3. The van der Waals surface area contributed by atoms with Crippen molar-refractivity contribution in [1.82, 2.24) is 14.8 Å². The molecule has 3 rings (SSSR count). The van der Waals surface area contributed by atoms with Gasteiger partial charge in [0, 0.05) is 12.6 Å². The van der Waals surface area contributed by atoms with E-state index in [0.29, 0.717) is 20.9 Å². The molecular weight excluding hydrogens is 403 g/mol. The van der Waals surface area contributed by atoms with Gasteiger partial charge in [0.15, 0.2) is 11.0 Å². The Morgan fingerprint density at radius 2 is 1.93 bits per heavy atom. The van der Waals surface area contributed by atoms with Crippen molar-refractivity contribution in [2.24, 2.45) is 7.05 Å². The molecule has 0 aliphatic heterocycles. The first kappa shape index (κ1) is 19.7. The summed E-state index contributed by atoms with van der Waals surface area (Å²) >= 11 is 13.4. The first-order chi connectivity index (χ1) is 12.9. The van der Waals surface area contributed by atoms with Crippen LogP contribution in [0.3, 0.4) is 0 Å². The highest BCUT2D eigenvalue weighted by molar-refractivity contribution is 8.00. The van der Waals surface area contributed by atoms with Gasteiger partial charge in [-0.1, -0.05) is 64.8 Å². The molecule has 0 radical (unpaired) electrons. The Morgan fingerprint density at radius 3 is 2.67 bits per heavy atom. The average Bonchev–Trinajstić information content (AvgIpc) is 2.99. The molecule has 27 heavy (non-hydrogen) atoms. The van der Waals surface area contributed by atoms with Crippen LogP contribution in [0.1, 0.15) is 12.5 Å². The van der Waals surface area contributed by atoms with E-state index in [1.165, 1.54) is 11.8 Å². The molecule has 0 unspecified atom stereocenters. The summed E-state index contributed by atoms with van der Waals surface area (Å²) in [4.78, 5) is 12.5. The van der Waals surface area contributed by atoms with E-state index in [9.17, 15) is 4.79 Å². The molecule has 0 saturated carbocycles. The first-order valence-electron chi connectivity index (χ1n) is 8.24. The second-order valence-electron chi connectivity index (χ2n) is 6.09. The lowest BCUT2D eigenvalue weighted by molar-refractivity contribution is -0.115. The van der Waals surface area contributed by atoms with Gasteiger partial charge in [0.2, 0.25) is 5.91 Å². The van der Waals surface area contributed by atoms with Gasteiger partial charge >= 0.3 is 0 Å². The van der Waals surface area contributed by atoms with E-state index in [2.05, 4.69) is 21.6 Å². The predicted molar refractivity (Wildman–Crippen MR) is 112 cm³/mol. The van der Waals surface area contributed by atoms with Crippen LogP contribution in [0.5, 0.6) is 0 Å². The number of rotatable bonds is 5. The summed E-state index contributed by atoms with van der Waals surface area (Å²) in [5.74, 6) is 0.566. The number of nitrogens with one attached hydrogen (secondary N) is 1. The van der Waals surface area contributed by atoms with Gasteiger partial charge in [-0.15, -0.1) is 10.2 Å². The van der Waals surface area contributed by atoms with Crippen molar-refractivity contribution in [3.8, 4) is 11.4 Å². The molecule has 1 amide bonds. The van der Waals surface area contributed by atoms with E-state index in [1.807, 2.05) is 36.7 Å². The van der Waals surface area contributed by atoms with Crippen molar-refractivity contribution in [3.05, 3.63) is 58.1 Å². The summed E-state index contributed by atoms with van der Waals surface area (Å²) < 4.78 is 1.88. The highest BCUT2D eigenvalue weighted by atomic mass is 35.5. The summed E-state index contributed by atoms with van der Waals surface area (Å²) in [6.45, 7) is 3.84. The smallest absolute Gasteiger partial charge is 0.237 e. The maximum Gasteiger partial charge on any atom is 0.237 e. The number of nitrogens with zero attached hydrogens (tertiary/aromatic N) is 3. The monoisotopic (exact) mass is 420 g/mol. The van der Waals surface area contributed by atoms with Crippen molar-refractivity contribution in [2.45, 2.75) is 24.3 Å². The number of carbonyl (C=O) groups excluding carboxylic acids is 1. The lowest BCUT2D eigenvalue weighted by Crippen LogP contribution is -2.23. The minimum atomic E-state index is -0.395. The molecule has 0 spiro atoms. The summed E-state index contributed by atoms with van der Waals surface area (Å²) in [6.07, 6.45) is 0. The van der Waals surface area contributed by atoms with Crippen LogP contribution >= 0.6 is 35.0 Å². The molecule has 0 bridgehead atoms. The van der Waals surface area contributed by atoms with Crippen molar-refractivity contribution in [3.63, 3.8) is 0 Å². The lowest BCUT2D eigenvalue weighted by atomic mass is 10.1. The second kappa shape index (κ2) is 8.33. The van der Waals surface area contributed by atoms with E-state index in [-0.39, 0.29) is 5.91 Å². The molecule has 140 valence electrons.